The van der Waals surface area contributed by atoms with Crippen LogP contribution in [0, 0.1) is 5.92 Å². The molecule has 2 heterocycles. The maximum Gasteiger partial charge on any atom is 0.321 e. The van der Waals surface area contributed by atoms with Crippen LogP contribution >= 0.6 is 11.3 Å². The van der Waals surface area contributed by atoms with Crippen LogP contribution in [0.4, 0.5) is 0 Å². The lowest BCUT2D eigenvalue weighted by molar-refractivity contribution is -0.156. The van der Waals surface area contributed by atoms with Gasteiger partial charge < -0.3 is 9.47 Å². The molecule has 4 nitrogen and oxygen atoms in total. The Hall–Kier alpha value is -1.36. The average molecular weight is 240 g/mol. The molecule has 0 N–H and O–H groups in total. The summed E-state index contributed by atoms with van der Waals surface area (Å²) in [4.78, 5) is 23.9. The van der Waals surface area contributed by atoms with Crippen LogP contribution in [0.25, 0.3) is 0 Å². The topological polar surface area (TPSA) is 52.6 Å². The zero-order chi connectivity index (χ0) is 11.5. The fraction of sp³-hybridized carbons (Fsp3) is 0.455. The van der Waals surface area contributed by atoms with Crippen LogP contribution in [0.3, 0.4) is 0 Å². The van der Waals surface area contributed by atoms with E-state index in [2.05, 4.69) is 0 Å². The monoisotopic (exact) mass is 240 g/mol. The second-order valence-electron chi connectivity index (χ2n) is 3.48. The van der Waals surface area contributed by atoms with Crippen molar-refractivity contribution in [2.45, 2.75) is 19.4 Å². The number of esters is 2. The summed E-state index contributed by atoms with van der Waals surface area (Å²) in [7, 11) is 0. The van der Waals surface area contributed by atoms with Crippen LogP contribution in [0.15, 0.2) is 17.5 Å². The second-order valence-corrected chi connectivity index (χ2v) is 4.46. The van der Waals surface area contributed by atoms with Crippen molar-refractivity contribution in [3.8, 4) is 0 Å². The number of hydrogen-bond acceptors (Lipinski definition) is 5. The third kappa shape index (κ3) is 2.09. The van der Waals surface area contributed by atoms with E-state index < -0.39 is 17.9 Å². The highest BCUT2D eigenvalue weighted by atomic mass is 32.1. The highest BCUT2D eigenvalue weighted by molar-refractivity contribution is 7.10. The number of cyclic esters (lactones) is 1. The van der Waals surface area contributed by atoms with Gasteiger partial charge in [0, 0.05) is 11.3 Å². The van der Waals surface area contributed by atoms with Crippen molar-refractivity contribution < 1.29 is 19.1 Å². The highest BCUT2D eigenvalue weighted by Crippen LogP contribution is 2.36. The number of hydrogen-bond donors (Lipinski definition) is 0. The lowest BCUT2D eigenvalue weighted by Crippen LogP contribution is -2.21. The molecule has 2 rings (SSSR count). The normalized spacial score (nSPS) is 24.2. The lowest BCUT2D eigenvalue weighted by Gasteiger charge is -2.04. The van der Waals surface area contributed by atoms with E-state index in [1.165, 1.54) is 11.3 Å². The van der Waals surface area contributed by atoms with E-state index in [1.54, 1.807) is 6.92 Å². The smallest absolute Gasteiger partial charge is 0.321 e. The van der Waals surface area contributed by atoms with Crippen molar-refractivity contribution in [3.63, 3.8) is 0 Å². The summed E-state index contributed by atoms with van der Waals surface area (Å²) in [6.45, 7) is 2.00. The molecule has 1 aromatic heterocycles. The molecule has 1 aliphatic heterocycles. The molecule has 1 aliphatic rings. The quantitative estimate of drug-likeness (QED) is 0.598. The van der Waals surface area contributed by atoms with Crippen LogP contribution in [0.2, 0.25) is 0 Å². The third-order valence-corrected chi connectivity index (χ3v) is 3.39. The van der Waals surface area contributed by atoms with Crippen LogP contribution in [-0.4, -0.2) is 18.5 Å². The minimum Gasteiger partial charge on any atom is -0.465 e. The van der Waals surface area contributed by atoms with Gasteiger partial charge in [-0.1, -0.05) is 6.07 Å². The Labute approximate surface area is 97.2 Å². The minimum absolute atomic E-state index is 0.284. The van der Waals surface area contributed by atoms with Gasteiger partial charge in [0.2, 0.25) is 0 Å². The Balaban J connectivity index is 2.04. The first kappa shape index (κ1) is 11.1. The third-order valence-electron chi connectivity index (χ3n) is 2.42. The molecule has 16 heavy (non-hydrogen) atoms. The Morgan fingerprint density at radius 1 is 1.69 bits per heavy atom. The van der Waals surface area contributed by atoms with Gasteiger partial charge in [0.15, 0.2) is 5.92 Å². The first-order valence-electron chi connectivity index (χ1n) is 5.13. The van der Waals surface area contributed by atoms with E-state index in [9.17, 15) is 9.59 Å². The molecule has 1 aromatic rings. The van der Waals surface area contributed by atoms with Gasteiger partial charge in [0.25, 0.3) is 0 Å². The van der Waals surface area contributed by atoms with Gasteiger partial charge in [-0.25, -0.2) is 0 Å². The first-order valence-corrected chi connectivity index (χ1v) is 6.01. The standard InChI is InChI=1S/C11H12O4S/c1-2-14-10(12)7-6-8(15-11(7)13)9-4-3-5-16-9/h3-5,7-8H,2,6H2,1H3. The van der Waals surface area contributed by atoms with E-state index in [0.29, 0.717) is 6.42 Å². The lowest BCUT2D eigenvalue weighted by atomic mass is 10.0. The Morgan fingerprint density at radius 2 is 2.50 bits per heavy atom. The fourth-order valence-electron chi connectivity index (χ4n) is 1.66. The van der Waals surface area contributed by atoms with Crippen molar-refractivity contribution in [1.82, 2.24) is 0 Å². The summed E-state index contributed by atoms with van der Waals surface area (Å²) < 4.78 is 9.98. The number of carbonyl (C=O) groups excluding carboxylic acids is 2. The van der Waals surface area contributed by atoms with Crippen molar-refractivity contribution >= 4 is 23.3 Å². The van der Waals surface area contributed by atoms with Crippen LogP contribution in [0.5, 0.6) is 0 Å². The van der Waals surface area contributed by atoms with Crippen molar-refractivity contribution in [3.05, 3.63) is 22.4 Å². The zero-order valence-corrected chi connectivity index (χ0v) is 9.66. The molecule has 1 saturated heterocycles. The van der Waals surface area contributed by atoms with E-state index in [0.717, 1.165) is 4.88 Å². The second kappa shape index (κ2) is 4.65. The summed E-state index contributed by atoms with van der Waals surface area (Å²) in [5, 5.41) is 1.92. The Kier molecular flexibility index (Phi) is 3.24. The number of rotatable bonds is 3. The summed E-state index contributed by atoms with van der Waals surface area (Å²) in [5.74, 6) is -1.71. The molecular formula is C11H12O4S. The van der Waals surface area contributed by atoms with Gasteiger partial charge in [0.05, 0.1) is 6.61 Å². The van der Waals surface area contributed by atoms with Crippen molar-refractivity contribution in [2.24, 2.45) is 5.92 Å². The van der Waals surface area contributed by atoms with Crippen LogP contribution < -0.4 is 0 Å². The van der Waals surface area contributed by atoms with Gasteiger partial charge in [-0.3, -0.25) is 9.59 Å². The Bertz CT molecular complexity index is 385. The SMILES string of the molecule is CCOC(=O)C1CC(c2cccs2)OC1=O. The highest BCUT2D eigenvalue weighted by Gasteiger charge is 2.41. The van der Waals surface area contributed by atoms with Crippen LogP contribution in [0.1, 0.15) is 24.3 Å². The number of ether oxygens (including phenoxy) is 2. The summed E-state index contributed by atoms with van der Waals surface area (Å²) in [6, 6.07) is 3.79. The van der Waals surface area contributed by atoms with Crippen LogP contribution in [-0.2, 0) is 19.1 Å². The molecule has 0 spiro atoms. The molecule has 0 aliphatic carbocycles. The first-order chi connectivity index (χ1) is 7.72. The molecule has 2 unspecified atom stereocenters. The molecular weight excluding hydrogens is 228 g/mol. The van der Waals surface area contributed by atoms with Gasteiger partial charge >= 0.3 is 11.9 Å². The molecule has 1 fully saturated rings. The molecule has 86 valence electrons. The number of carbonyl (C=O) groups is 2. The van der Waals surface area contributed by atoms with E-state index >= 15 is 0 Å². The molecule has 2 atom stereocenters. The predicted molar refractivity (Wildman–Crippen MR) is 57.9 cm³/mol. The van der Waals surface area contributed by atoms with Gasteiger partial charge in [-0.2, -0.15) is 0 Å². The Morgan fingerprint density at radius 3 is 3.12 bits per heavy atom. The molecule has 5 heteroatoms. The zero-order valence-electron chi connectivity index (χ0n) is 8.84. The summed E-state index contributed by atoms with van der Waals surface area (Å²) in [5.41, 5.74) is 0. The maximum atomic E-state index is 11.5. The maximum absolute atomic E-state index is 11.5. The van der Waals surface area contributed by atoms with Gasteiger partial charge in [-0.05, 0) is 18.4 Å². The fourth-order valence-corrected chi connectivity index (χ4v) is 2.43. The van der Waals surface area contributed by atoms with Gasteiger partial charge in [-0.15, -0.1) is 11.3 Å². The van der Waals surface area contributed by atoms with Crippen molar-refractivity contribution in [2.75, 3.05) is 6.61 Å². The largest absolute Gasteiger partial charge is 0.465 e. The van der Waals surface area contributed by atoms with Gasteiger partial charge in [0.1, 0.15) is 6.10 Å². The molecule has 0 aromatic carbocycles. The molecule has 0 radical (unpaired) electrons. The van der Waals surface area contributed by atoms with E-state index in [1.807, 2.05) is 17.5 Å². The molecule has 0 amide bonds. The van der Waals surface area contributed by atoms with Crippen molar-refractivity contribution in [1.29, 1.82) is 0 Å². The summed E-state index contributed by atoms with van der Waals surface area (Å²) in [6.07, 6.45) is 0.0972. The average Bonchev–Trinajstić information content (AvgIpc) is 2.86. The van der Waals surface area contributed by atoms with E-state index in [-0.39, 0.29) is 12.7 Å². The van der Waals surface area contributed by atoms with E-state index in [4.69, 9.17) is 9.47 Å². The molecule has 0 bridgehead atoms. The summed E-state index contributed by atoms with van der Waals surface area (Å²) >= 11 is 1.52. The predicted octanol–water partition coefficient (Wildman–Crippen LogP) is 1.92. The molecule has 0 saturated carbocycles. The minimum atomic E-state index is -0.757. The number of thiophene rings is 1.